The van der Waals surface area contributed by atoms with Crippen LogP contribution in [0.3, 0.4) is 0 Å². The van der Waals surface area contributed by atoms with Crippen molar-refractivity contribution in [3.63, 3.8) is 0 Å². The molecule has 0 bridgehead atoms. The molecule has 0 N–H and O–H groups in total. The molecule has 2 aromatic heterocycles. The lowest BCUT2D eigenvalue weighted by Crippen LogP contribution is -2.39. The number of amides is 1. The van der Waals surface area contributed by atoms with Crippen molar-refractivity contribution in [1.29, 1.82) is 0 Å². The van der Waals surface area contributed by atoms with Gasteiger partial charge in [-0.15, -0.1) is 0 Å². The number of rotatable bonds is 6. The van der Waals surface area contributed by atoms with Crippen molar-refractivity contribution in [2.75, 3.05) is 31.6 Å². The molecule has 160 valence electrons. The molecular weight excluding hydrogens is 380 g/mol. The maximum Gasteiger partial charge on any atom is 0.256 e. The van der Waals surface area contributed by atoms with Crippen LogP contribution in [0.5, 0.6) is 11.6 Å². The Morgan fingerprint density at radius 3 is 2.57 bits per heavy atom. The third-order valence-electron chi connectivity index (χ3n) is 6.09. The van der Waals surface area contributed by atoms with E-state index in [0.29, 0.717) is 12.4 Å². The molecule has 2 aliphatic rings. The molecule has 7 nitrogen and oxygen atoms in total. The second-order valence-electron chi connectivity index (χ2n) is 7.92. The fourth-order valence-electron chi connectivity index (χ4n) is 4.52. The first-order valence-electron chi connectivity index (χ1n) is 10.8. The predicted molar refractivity (Wildman–Crippen MR) is 115 cm³/mol. The van der Waals surface area contributed by atoms with Gasteiger partial charge in [-0.25, -0.2) is 9.97 Å². The van der Waals surface area contributed by atoms with E-state index < -0.39 is 0 Å². The first kappa shape index (κ1) is 20.4. The van der Waals surface area contributed by atoms with Gasteiger partial charge < -0.3 is 19.3 Å². The average Bonchev–Trinajstić information content (AvgIpc) is 3.04. The van der Waals surface area contributed by atoms with Gasteiger partial charge in [0.2, 0.25) is 5.88 Å². The molecule has 30 heavy (non-hydrogen) atoms. The van der Waals surface area contributed by atoms with Crippen LogP contribution in [0.4, 0.5) is 5.82 Å². The van der Waals surface area contributed by atoms with E-state index in [4.69, 9.17) is 14.5 Å². The number of nitrogens with zero attached hydrogens (tertiary/aromatic N) is 4. The van der Waals surface area contributed by atoms with E-state index in [2.05, 4.69) is 23.7 Å². The number of aromatic nitrogens is 2. The van der Waals surface area contributed by atoms with E-state index >= 15 is 0 Å². The van der Waals surface area contributed by atoms with Gasteiger partial charge in [0.25, 0.3) is 5.91 Å². The van der Waals surface area contributed by atoms with E-state index in [0.717, 1.165) is 60.7 Å². The second kappa shape index (κ2) is 8.50. The predicted octanol–water partition coefficient (Wildman–Crippen LogP) is 3.77. The summed E-state index contributed by atoms with van der Waals surface area (Å²) < 4.78 is 11.2. The standard InChI is InChI=1S/C23H30N4O3/c1-5-19-21-18(23(28)27(19)6-2)13-15(3)22(25-21)26-11-9-16(10-12-26)30-17-7-8-20(29-4)24-14-17/h7-8,13-14,16,19H,5-6,9-12H2,1-4H3. The summed E-state index contributed by atoms with van der Waals surface area (Å²) in [6.07, 6.45) is 4.59. The number of anilines is 1. The summed E-state index contributed by atoms with van der Waals surface area (Å²) in [5.74, 6) is 2.47. The lowest BCUT2D eigenvalue weighted by atomic mass is 10.0. The molecule has 7 heteroatoms. The summed E-state index contributed by atoms with van der Waals surface area (Å²) in [5, 5.41) is 0. The number of carbonyl (C=O) groups excluding carboxylic acids is 1. The van der Waals surface area contributed by atoms with Gasteiger partial charge in [0.05, 0.1) is 30.6 Å². The van der Waals surface area contributed by atoms with Crippen molar-refractivity contribution in [2.24, 2.45) is 0 Å². The number of methoxy groups -OCH3 is 1. The summed E-state index contributed by atoms with van der Waals surface area (Å²) in [6, 6.07) is 5.82. The normalized spacial score (nSPS) is 19.2. The smallest absolute Gasteiger partial charge is 0.256 e. The third kappa shape index (κ3) is 3.68. The van der Waals surface area contributed by atoms with Crippen molar-refractivity contribution >= 4 is 11.7 Å². The minimum atomic E-state index is 0.0836. The topological polar surface area (TPSA) is 67.8 Å². The first-order chi connectivity index (χ1) is 14.5. The zero-order valence-corrected chi connectivity index (χ0v) is 18.2. The van der Waals surface area contributed by atoms with Crippen molar-refractivity contribution in [3.05, 3.63) is 41.2 Å². The van der Waals surface area contributed by atoms with Crippen LogP contribution in [0.25, 0.3) is 0 Å². The van der Waals surface area contributed by atoms with Gasteiger partial charge in [0.15, 0.2) is 0 Å². The fraction of sp³-hybridized carbons (Fsp3) is 0.522. The van der Waals surface area contributed by atoms with Crippen molar-refractivity contribution in [3.8, 4) is 11.6 Å². The van der Waals surface area contributed by atoms with Crippen LogP contribution in [0.2, 0.25) is 0 Å². The Kier molecular flexibility index (Phi) is 5.79. The quantitative estimate of drug-likeness (QED) is 0.722. The lowest BCUT2D eigenvalue weighted by Gasteiger charge is -2.34. The minimum Gasteiger partial charge on any atom is -0.489 e. The van der Waals surface area contributed by atoms with Crippen LogP contribution in [0.15, 0.2) is 24.4 Å². The molecule has 0 spiro atoms. The van der Waals surface area contributed by atoms with Crippen LogP contribution < -0.4 is 14.4 Å². The monoisotopic (exact) mass is 410 g/mol. The molecule has 2 aliphatic heterocycles. The summed E-state index contributed by atoms with van der Waals surface area (Å²) in [6.45, 7) is 8.67. The molecule has 1 unspecified atom stereocenters. The van der Waals surface area contributed by atoms with Gasteiger partial charge in [-0.05, 0) is 38.0 Å². The van der Waals surface area contributed by atoms with Crippen LogP contribution in [-0.2, 0) is 0 Å². The molecule has 0 saturated carbocycles. The van der Waals surface area contributed by atoms with Crippen LogP contribution >= 0.6 is 0 Å². The molecule has 0 aliphatic carbocycles. The number of aryl methyl sites for hydroxylation is 1. The highest BCUT2D eigenvalue weighted by molar-refractivity contribution is 5.99. The van der Waals surface area contributed by atoms with E-state index in [-0.39, 0.29) is 18.1 Å². The van der Waals surface area contributed by atoms with Crippen molar-refractivity contribution < 1.29 is 14.3 Å². The Hall–Kier alpha value is -2.83. The minimum absolute atomic E-state index is 0.0836. The highest BCUT2D eigenvalue weighted by Gasteiger charge is 2.37. The second-order valence-corrected chi connectivity index (χ2v) is 7.92. The van der Waals surface area contributed by atoms with Gasteiger partial charge in [0, 0.05) is 38.5 Å². The molecule has 1 fully saturated rings. The average molecular weight is 411 g/mol. The number of fused-ring (bicyclic) bond motifs is 1. The molecule has 1 atom stereocenters. The van der Waals surface area contributed by atoms with Gasteiger partial charge in [-0.1, -0.05) is 6.92 Å². The summed E-state index contributed by atoms with van der Waals surface area (Å²) in [5.41, 5.74) is 2.77. The van der Waals surface area contributed by atoms with E-state index in [9.17, 15) is 4.79 Å². The molecule has 0 aromatic carbocycles. The van der Waals surface area contributed by atoms with Crippen LogP contribution in [0, 0.1) is 6.92 Å². The summed E-state index contributed by atoms with van der Waals surface area (Å²) in [7, 11) is 1.60. The molecular formula is C23H30N4O3. The molecule has 2 aromatic rings. The molecule has 4 rings (SSSR count). The lowest BCUT2D eigenvalue weighted by molar-refractivity contribution is 0.0731. The van der Waals surface area contributed by atoms with E-state index in [1.807, 2.05) is 30.0 Å². The van der Waals surface area contributed by atoms with Gasteiger partial charge in [-0.2, -0.15) is 0 Å². The number of carbonyl (C=O) groups is 1. The van der Waals surface area contributed by atoms with Crippen molar-refractivity contribution in [1.82, 2.24) is 14.9 Å². The zero-order valence-electron chi connectivity index (χ0n) is 18.2. The number of pyridine rings is 2. The molecule has 1 amide bonds. The fourth-order valence-corrected chi connectivity index (χ4v) is 4.52. The number of piperidine rings is 1. The Labute approximate surface area is 178 Å². The zero-order chi connectivity index (χ0) is 21.3. The van der Waals surface area contributed by atoms with Gasteiger partial charge in [-0.3, -0.25) is 4.79 Å². The SMILES string of the molecule is CCC1c2nc(N3CCC(Oc4ccc(OC)nc4)CC3)c(C)cc2C(=O)N1CC. The molecule has 1 saturated heterocycles. The third-order valence-corrected chi connectivity index (χ3v) is 6.09. The van der Waals surface area contributed by atoms with Crippen LogP contribution in [0.1, 0.15) is 60.8 Å². The van der Waals surface area contributed by atoms with Gasteiger partial charge in [0.1, 0.15) is 17.7 Å². The van der Waals surface area contributed by atoms with E-state index in [1.165, 1.54) is 0 Å². The molecule has 0 radical (unpaired) electrons. The maximum atomic E-state index is 12.7. The van der Waals surface area contributed by atoms with Gasteiger partial charge >= 0.3 is 0 Å². The highest BCUT2D eigenvalue weighted by Crippen LogP contribution is 2.37. The number of hydrogen-bond donors (Lipinski definition) is 0. The maximum absolute atomic E-state index is 12.7. The number of ether oxygens (including phenoxy) is 2. The largest absolute Gasteiger partial charge is 0.489 e. The summed E-state index contributed by atoms with van der Waals surface area (Å²) >= 11 is 0. The molecule has 4 heterocycles. The Morgan fingerprint density at radius 2 is 1.97 bits per heavy atom. The number of hydrogen-bond acceptors (Lipinski definition) is 6. The van der Waals surface area contributed by atoms with E-state index in [1.54, 1.807) is 13.3 Å². The van der Waals surface area contributed by atoms with Crippen molar-refractivity contribution in [2.45, 2.75) is 52.2 Å². The Bertz CT molecular complexity index is 907. The van der Waals surface area contributed by atoms with Crippen LogP contribution in [-0.4, -0.2) is 53.6 Å². The Balaban J connectivity index is 1.45. The summed E-state index contributed by atoms with van der Waals surface area (Å²) in [4.78, 5) is 26.2. The first-order valence-corrected chi connectivity index (χ1v) is 10.8. The highest BCUT2D eigenvalue weighted by atomic mass is 16.5. The Morgan fingerprint density at radius 1 is 1.20 bits per heavy atom.